The van der Waals surface area contributed by atoms with Crippen molar-refractivity contribution >= 4 is 11.6 Å². The Morgan fingerprint density at radius 1 is 1.38 bits per heavy atom. The molecule has 1 amide bonds. The van der Waals surface area contributed by atoms with Gasteiger partial charge in [-0.25, -0.2) is 0 Å². The van der Waals surface area contributed by atoms with E-state index in [1.807, 2.05) is 51.1 Å². The molecule has 1 rings (SSSR count). The van der Waals surface area contributed by atoms with Crippen molar-refractivity contribution in [3.05, 3.63) is 36.0 Å². The van der Waals surface area contributed by atoms with E-state index >= 15 is 0 Å². The molecule has 21 heavy (non-hydrogen) atoms. The van der Waals surface area contributed by atoms with Gasteiger partial charge in [-0.05, 0) is 44.5 Å². The normalized spacial score (nSPS) is 12.2. The van der Waals surface area contributed by atoms with Crippen LogP contribution < -0.4 is 15.4 Å². The number of nitrogens with one attached hydrogen (secondary N) is 2. The maximum absolute atomic E-state index is 11.8. The quantitative estimate of drug-likeness (QED) is 0.597. The van der Waals surface area contributed by atoms with Gasteiger partial charge in [0.2, 0.25) is 0 Å². The molecule has 5 heteroatoms. The number of ether oxygens (including phenoxy) is 1. The van der Waals surface area contributed by atoms with E-state index < -0.39 is 0 Å². The van der Waals surface area contributed by atoms with Crippen LogP contribution in [0.4, 0.5) is 5.69 Å². The summed E-state index contributed by atoms with van der Waals surface area (Å²) in [5.41, 5.74) is 0.826. The first kappa shape index (κ1) is 16.6. The Labute approximate surface area is 125 Å². The summed E-state index contributed by atoms with van der Waals surface area (Å²) in [6, 6.07) is 9.23. The van der Waals surface area contributed by atoms with Gasteiger partial charge in [-0.15, -0.1) is 0 Å². The molecule has 0 fully saturated rings. The van der Waals surface area contributed by atoms with Crippen LogP contribution in [-0.4, -0.2) is 18.6 Å². The Morgan fingerprint density at radius 3 is 2.57 bits per heavy atom. The summed E-state index contributed by atoms with van der Waals surface area (Å²) in [5.74, 6) is 0.410. The summed E-state index contributed by atoms with van der Waals surface area (Å²) >= 11 is 0. The molecule has 1 unspecified atom stereocenters. The number of amides is 1. The van der Waals surface area contributed by atoms with Crippen LogP contribution in [0, 0.1) is 11.3 Å². The van der Waals surface area contributed by atoms with Gasteiger partial charge in [-0.1, -0.05) is 6.92 Å². The Bertz CT molecular complexity index is 529. The van der Waals surface area contributed by atoms with Crippen LogP contribution in [-0.2, 0) is 4.79 Å². The average Bonchev–Trinajstić information content (AvgIpc) is 2.49. The van der Waals surface area contributed by atoms with Crippen LogP contribution in [0.1, 0.15) is 27.2 Å². The molecule has 1 aromatic carbocycles. The Morgan fingerprint density at radius 2 is 2.05 bits per heavy atom. The SMILES string of the molecule is CCOc1ccc(N/C=C(/C#N)C(=O)NC(C)CC)cc1. The van der Waals surface area contributed by atoms with E-state index in [1.165, 1.54) is 6.20 Å². The van der Waals surface area contributed by atoms with Crippen molar-refractivity contribution in [2.75, 3.05) is 11.9 Å². The molecule has 1 aromatic rings. The van der Waals surface area contributed by atoms with E-state index in [1.54, 1.807) is 0 Å². The standard InChI is InChI=1S/C16H21N3O2/c1-4-12(3)19-16(20)13(10-17)11-18-14-6-8-15(9-7-14)21-5-2/h6-9,11-12,18H,4-5H2,1-3H3,(H,19,20)/b13-11-. The fourth-order valence-electron chi connectivity index (χ4n) is 1.52. The smallest absolute Gasteiger partial charge is 0.263 e. The van der Waals surface area contributed by atoms with E-state index in [4.69, 9.17) is 10.00 Å². The first-order chi connectivity index (χ1) is 10.1. The molecule has 1 atom stereocenters. The second-order valence-corrected chi connectivity index (χ2v) is 4.55. The number of nitriles is 1. The van der Waals surface area contributed by atoms with Crippen molar-refractivity contribution in [2.24, 2.45) is 0 Å². The number of carbonyl (C=O) groups is 1. The molecule has 5 nitrogen and oxygen atoms in total. The maximum Gasteiger partial charge on any atom is 0.263 e. The predicted octanol–water partition coefficient (Wildman–Crippen LogP) is 2.82. The lowest BCUT2D eigenvalue weighted by molar-refractivity contribution is -0.117. The monoisotopic (exact) mass is 287 g/mol. The van der Waals surface area contributed by atoms with Crippen LogP contribution in [0.2, 0.25) is 0 Å². The summed E-state index contributed by atoms with van der Waals surface area (Å²) in [4.78, 5) is 11.8. The summed E-state index contributed by atoms with van der Waals surface area (Å²) in [7, 11) is 0. The lowest BCUT2D eigenvalue weighted by atomic mass is 10.2. The lowest BCUT2D eigenvalue weighted by Gasteiger charge is -2.10. The highest BCUT2D eigenvalue weighted by molar-refractivity contribution is 5.97. The third-order valence-electron chi connectivity index (χ3n) is 2.90. The number of hydrogen-bond donors (Lipinski definition) is 2. The molecule has 0 aliphatic heterocycles. The van der Waals surface area contributed by atoms with E-state index in [0.29, 0.717) is 6.61 Å². The predicted molar refractivity (Wildman–Crippen MR) is 82.8 cm³/mol. The Balaban J connectivity index is 2.67. The van der Waals surface area contributed by atoms with E-state index in [9.17, 15) is 4.79 Å². The largest absolute Gasteiger partial charge is 0.494 e. The highest BCUT2D eigenvalue weighted by Gasteiger charge is 2.10. The van der Waals surface area contributed by atoms with Crippen molar-refractivity contribution in [3.63, 3.8) is 0 Å². The molecule has 0 saturated carbocycles. The number of rotatable bonds is 7. The first-order valence-electron chi connectivity index (χ1n) is 7.01. The fourth-order valence-corrected chi connectivity index (χ4v) is 1.52. The highest BCUT2D eigenvalue weighted by atomic mass is 16.5. The highest BCUT2D eigenvalue weighted by Crippen LogP contribution is 2.15. The number of carbonyl (C=O) groups excluding carboxylic acids is 1. The lowest BCUT2D eigenvalue weighted by Crippen LogP contribution is -2.33. The molecule has 0 aliphatic rings. The van der Waals surface area contributed by atoms with Crippen molar-refractivity contribution in [2.45, 2.75) is 33.2 Å². The zero-order valence-electron chi connectivity index (χ0n) is 12.6. The number of anilines is 1. The van der Waals surface area contributed by atoms with E-state index in [0.717, 1.165) is 17.9 Å². The van der Waals surface area contributed by atoms with Gasteiger partial charge in [0, 0.05) is 17.9 Å². The van der Waals surface area contributed by atoms with Crippen molar-refractivity contribution < 1.29 is 9.53 Å². The zero-order chi connectivity index (χ0) is 15.7. The molecule has 0 bridgehead atoms. The van der Waals surface area contributed by atoms with Crippen LogP contribution in [0.5, 0.6) is 5.75 Å². The second-order valence-electron chi connectivity index (χ2n) is 4.55. The molecule has 0 spiro atoms. The van der Waals surface area contributed by atoms with Gasteiger partial charge >= 0.3 is 0 Å². The Hall–Kier alpha value is -2.48. The van der Waals surface area contributed by atoms with Gasteiger partial charge in [0.1, 0.15) is 17.4 Å². The first-order valence-corrected chi connectivity index (χ1v) is 7.01. The molecular weight excluding hydrogens is 266 g/mol. The molecule has 0 aliphatic carbocycles. The van der Waals surface area contributed by atoms with Gasteiger partial charge in [0.25, 0.3) is 5.91 Å². The molecule has 112 valence electrons. The third kappa shape index (κ3) is 5.57. The van der Waals surface area contributed by atoms with E-state index in [-0.39, 0.29) is 17.5 Å². The summed E-state index contributed by atoms with van der Waals surface area (Å²) in [6.45, 7) is 6.40. The molecule has 0 heterocycles. The molecule has 2 N–H and O–H groups in total. The van der Waals surface area contributed by atoms with Gasteiger partial charge in [0.05, 0.1) is 6.61 Å². The minimum Gasteiger partial charge on any atom is -0.494 e. The molecule has 0 saturated heterocycles. The maximum atomic E-state index is 11.8. The zero-order valence-corrected chi connectivity index (χ0v) is 12.6. The van der Waals surface area contributed by atoms with Crippen LogP contribution >= 0.6 is 0 Å². The van der Waals surface area contributed by atoms with Crippen molar-refractivity contribution in [3.8, 4) is 11.8 Å². The molecule has 0 aromatic heterocycles. The topological polar surface area (TPSA) is 74.1 Å². The van der Waals surface area contributed by atoms with Gasteiger partial charge in [-0.2, -0.15) is 5.26 Å². The van der Waals surface area contributed by atoms with Crippen LogP contribution in [0.25, 0.3) is 0 Å². The van der Waals surface area contributed by atoms with Gasteiger partial charge in [-0.3, -0.25) is 4.79 Å². The van der Waals surface area contributed by atoms with Crippen molar-refractivity contribution in [1.29, 1.82) is 5.26 Å². The number of hydrogen-bond acceptors (Lipinski definition) is 4. The van der Waals surface area contributed by atoms with Crippen molar-refractivity contribution in [1.82, 2.24) is 5.32 Å². The second kappa shape index (κ2) is 8.64. The minimum absolute atomic E-state index is 0.0414. The number of nitrogens with zero attached hydrogens (tertiary/aromatic N) is 1. The summed E-state index contributed by atoms with van der Waals surface area (Å²) < 4.78 is 5.34. The fraction of sp³-hybridized carbons (Fsp3) is 0.375. The number of benzene rings is 1. The minimum atomic E-state index is -0.370. The van der Waals surface area contributed by atoms with Gasteiger partial charge < -0.3 is 15.4 Å². The third-order valence-corrected chi connectivity index (χ3v) is 2.90. The molecular formula is C16H21N3O2. The summed E-state index contributed by atoms with van der Waals surface area (Å²) in [5, 5.41) is 14.7. The van der Waals surface area contributed by atoms with Gasteiger partial charge in [0.15, 0.2) is 0 Å². The summed E-state index contributed by atoms with van der Waals surface area (Å²) in [6.07, 6.45) is 2.23. The van der Waals surface area contributed by atoms with Crippen LogP contribution in [0.3, 0.4) is 0 Å². The Kier molecular flexibility index (Phi) is 6.82. The average molecular weight is 287 g/mol. The van der Waals surface area contributed by atoms with E-state index in [2.05, 4.69) is 10.6 Å². The molecule has 0 radical (unpaired) electrons. The van der Waals surface area contributed by atoms with Crippen LogP contribution in [0.15, 0.2) is 36.0 Å².